The van der Waals surface area contributed by atoms with E-state index in [1.807, 2.05) is 37.3 Å². The third-order valence-electron chi connectivity index (χ3n) is 5.51. The summed E-state index contributed by atoms with van der Waals surface area (Å²) in [5.41, 5.74) is 2.32. The van der Waals surface area contributed by atoms with Crippen molar-refractivity contribution in [3.8, 4) is 0 Å². The minimum absolute atomic E-state index is 0.138. The Labute approximate surface area is 191 Å². The molecule has 164 valence electrons. The Balaban J connectivity index is 1.63. The van der Waals surface area contributed by atoms with E-state index >= 15 is 0 Å². The van der Waals surface area contributed by atoms with Gasteiger partial charge in [0.2, 0.25) is 5.78 Å². The van der Waals surface area contributed by atoms with E-state index in [0.717, 1.165) is 15.5 Å². The van der Waals surface area contributed by atoms with E-state index in [1.54, 1.807) is 36.1 Å². The smallest absolute Gasteiger partial charge is 0.291 e. The van der Waals surface area contributed by atoms with Crippen molar-refractivity contribution in [3.05, 3.63) is 86.4 Å². The molecule has 9 heteroatoms. The molecule has 0 saturated heterocycles. The first-order chi connectivity index (χ1) is 16.0. The highest BCUT2D eigenvalue weighted by Crippen LogP contribution is 2.31. The maximum Gasteiger partial charge on any atom is 0.291 e. The number of carbonyl (C=O) groups is 1. The molecule has 0 aliphatic rings. The lowest BCUT2D eigenvalue weighted by Crippen LogP contribution is -2.29. The van der Waals surface area contributed by atoms with E-state index in [4.69, 9.17) is 0 Å². The highest BCUT2D eigenvalue weighted by molar-refractivity contribution is 7.21. The summed E-state index contributed by atoms with van der Waals surface area (Å²) in [5.74, 6) is -0.138. The molecule has 0 spiro atoms. The molecule has 0 unspecified atom stereocenters. The third-order valence-corrected chi connectivity index (χ3v) is 6.58. The van der Waals surface area contributed by atoms with Crippen LogP contribution in [0.3, 0.4) is 0 Å². The topological polar surface area (TPSA) is 98.5 Å². The zero-order valence-corrected chi connectivity index (χ0v) is 18.9. The van der Waals surface area contributed by atoms with Gasteiger partial charge in [-0.3, -0.25) is 14.7 Å². The van der Waals surface area contributed by atoms with Crippen molar-refractivity contribution in [2.45, 2.75) is 13.5 Å². The molecule has 4 heterocycles. The second-order valence-electron chi connectivity index (χ2n) is 7.58. The Bertz CT molecular complexity index is 1720. The van der Waals surface area contributed by atoms with Crippen LogP contribution >= 0.6 is 11.3 Å². The summed E-state index contributed by atoms with van der Waals surface area (Å²) in [5, 5.41) is 13.9. The minimum atomic E-state index is -0.229. The second kappa shape index (κ2) is 8.10. The largest absolute Gasteiger partial charge is 0.323 e. The van der Waals surface area contributed by atoms with Crippen molar-refractivity contribution in [2.75, 3.05) is 0 Å². The summed E-state index contributed by atoms with van der Waals surface area (Å²) in [6.45, 7) is 6.14. The van der Waals surface area contributed by atoms with Gasteiger partial charge >= 0.3 is 0 Å². The maximum absolute atomic E-state index is 13.4. The lowest BCUT2D eigenvalue weighted by molar-refractivity contribution is 0.103. The van der Waals surface area contributed by atoms with Crippen molar-refractivity contribution in [2.24, 2.45) is 7.05 Å². The van der Waals surface area contributed by atoms with Gasteiger partial charge < -0.3 is 4.57 Å². The highest BCUT2D eigenvalue weighted by atomic mass is 32.1. The van der Waals surface area contributed by atoms with Gasteiger partial charge in [-0.1, -0.05) is 49.1 Å². The molecular weight excluding hydrogens is 436 g/mol. The summed E-state index contributed by atoms with van der Waals surface area (Å²) in [7, 11) is 1.79. The Morgan fingerprint density at radius 2 is 2.03 bits per heavy atom. The van der Waals surface area contributed by atoms with Crippen LogP contribution in [0, 0.1) is 0 Å². The van der Waals surface area contributed by atoms with E-state index in [9.17, 15) is 9.59 Å². The SMILES string of the molecule is C=c1[nH]nc/c1=C(/C=C\C)Cn1ncc2c3sc(C(=O)c4ccccc4)nc3n(C)c2c1=O. The summed E-state index contributed by atoms with van der Waals surface area (Å²) < 4.78 is 3.93. The fourth-order valence-electron chi connectivity index (χ4n) is 3.89. The molecule has 5 aromatic rings. The Hall–Kier alpha value is -4.11. The minimum Gasteiger partial charge on any atom is -0.323 e. The zero-order valence-electron chi connectivity index (χ0n) is 18.1. The highest BCUT2D eigenvalue weighted by Gasteiger charge is 2.21. The van der Waals surface area contributed by atoms with Gasteiger partial charge in [-0.2, -0.15) is 10.2 Å². The lowest BCUT2D eigenvalue weighted by Gasteiger charge is -2.06. The fraction of sp³-hybridized carbons (Fsp3) is 0.125. The second-order valence-corrected chi connectivity index (χ2v) is 8.58. The van der Waals surface area contributed by atoms with Crippen molar-refractivity contribution in [3.63, 3.8) is 0 Å². The van der Waals surface area contributed by atoms with Crippen LogP contribution in [0.4, 0.5) is 0 Å². The number of hydrogen-bond acceptors (Lipinski definition) is 6. The monoisotopic (exact) mass is 456 g/mol. The Morgan fingerprint density at radius 1 is 1.24 bits per heavy atom. The van der Waals surface area contributed by atoms with Crippen LogP contribution in [0.25, 0.3) is 33.4 Å². The zero-order chi connectivity index (χ0) is 23.1. The molecule has 0 amide bonds. The number of rotatable bonds is 5. The van der Waals surface area contributed by atoms with E-state index in [0.29, 0.717) is 32.5 Å². The summed E-state index contributed by atoms with van der Waals surface area (Å²) in [6, 6.07) is 9.04. The number of nitrogens with one attached hydrogen (secondary N) is 1. The van der Waals surface area contributed by atoms with Gasteiger partial charge in [0.1, 0.15) is 5.52 Å². The predicted molar refractivity (Wildman–Crippen MR) is 130 cm³/mol. The van der Waals surface area contributed by atoms with Gasteiger partial charge in [0.15, 0.2) is 10.7 Å². The van der Waals surface area contributed by atoms with Crippen LogP contribution in [0.15, 0.2) is 59.7 Å². The maximum atomic E-state index is 13.4. The molecule has 5 rings (SSSR count). The van der Waals surface area contributed by atoms with Gasteiger partial charge in [0.25, 0.3) is 5.56 Å². The molecule has 1 aromatic carbocycles. The number of thiazole rings is 1. The number of ketones is 1. The van der Waals surface area contributed by atoms with Gasteiger partial charge in [-0.15, -0.1) is 11.3 Å². The van der Waals surface area contributed by atoms with Crippen molar-refractivity contribution < 1.29 is 4.79 Å². The Kier molecular flexibility index (Phi) is 5.10. The molecule has 8 nitrogen and oxygen atoms in total. The number of aromatic nitrogens is 6. The number of allylic oxidation sites excluding steroid dienone is 2. The number of carbonyl (C=O) groups excluding carboxylic acids is 1. The van der Waals surface area contributed by atoms with Crippen molar-refractivity contribution in [1.29, 1.82) is 0 Å². The number of aryl methyl sites for hydroxylation is 1. The first-order valence-electron chi connectivity index (χ1n) is 10.3. The number of aromatic amines is 1. The summed E-state index contributed by atoms with van der Waals surface area (Å²) in [4.78, 5) is 30.8. The number of benzene rings is 1. The summed E-state index contributed by atoms with van der Waals surface area (Å²) >= 11 is 1.28. The van der Waals surface area contributed by atoms with Gasteiger partial charge in [0, 0.05) is 23.2 Å². The van der Waals surface area contributed by atoms with Crippen LogP contribution in [0.1, 0.15) is 22.3 Å². The molecule has 0 radical (unpaired) electrons. The average Bonchev–Trinajstić information content (AvgIpc) is 3.51. The van der Waals surface area contributed by atoms with E-state index < -0.39 is 0 Å². The predicted octanol–water partition coefficient (Wildman–Crippen LogP) is 2.14. The van der Waals surface area contributed by atoms with E-state index in [-0.39, 0.29) is 17.9 Å². The number of nitrogens with zero attached hydrogens (tertiary/aromatic N) is 5. The van der Waals surface area contributed by atoms with Crippen molar-refractivity contribution >= 4 is 50.5 Å². The molecular formula is C24H20N6O2S. The molecule has 0 atom stereocenters. The average molecular weight is 457 g/mol. The van der Waals surface area contributed by atoms with Crippen LogP contribution in [0.5, 0.6) is 0 Å². The van der Waals surface area contributed by atoms with Crippen LogP contribution in [-0.4, -0.2) is 35.3 Å². The number of fused-ring (bicyclic) bond motifs is 3. The van der Waals surface area contributed by atoms with Crippen LogP contribution < -0.4 is 16.1 Å². The quantitative estimate of drug-likeness (QED) is 0.409. The summed E-state index contributed by atoms with van der Waals surface area (Å²) in [6.07, 6.45) is 7.18. The molecule has 0 saturated carbocycles. The van der Waals surface area contributed by atoms with Gasteiger partial charge in [0.05, 0.1) is 29.0 Å². The molecule has 0 aliphatic carbocycles. The molecule has 4 aromatic heterocycles. The normalized spacial score (nSPS) is 12.8. The van der Waals surface area contributed by atoms with E-state index in [1.165, 1.54) is 16.0 Å². The third kappa shape index (κ3) is 3.42. The molecule has 0 bridgehead atoms. The van der Waals surface area contributed by atoms with Gasteiger partial charge in [-0.25, -0.2) is 9.67 Å². The Morgan fingerprint density at radius 3 is 2.73 bits per heavy atom. The molecule has 33 heavy (non-hydrogen) atoms. The van der Waals surface area contributed by atoms with Crippen molar-refractivity contribution in [1.82, 2.24) is 29.5 Å². The fourth-order valence-corrected chi connectivity index (χ4v) is 4.96. The number of H-pyrrole nitrogens is 1. The van der Waals surface area contributed by atoms with E-state index in [2.05, 4.69) is 26.9 Å². The molecule has 1 N–H and O–H groups in total. The first kappa shape index (κ1) is 20.8. The van der Waals surface area contributed by atoms with Crippen LogP contribution in [-0.2, 0) is 13.6 Å². The first-order valence-corrected chi connectivity index (χ1v) is 11.1. The van der Waals surface area contributed by atoms with Crippen LogP contribution in [0.2, 0.25) is 0 Å². The molecule has 0 aliphatic heterocycles. The number of hydrogen-bond donors (Lipinski definition) is 1. The molecule has 0 fully saturated rings. The standard InChI is InChI=1S/C24H20N6O2S/c1-4-8-16(17-11-25-28-14(17)2)13-30-24(32)19-18(12-26-30)21-22(29(19)3)27-23(33-21)20(31)15-9-6-5-7-10-15/h4-12,28H,2,13H2,1,3H3/b8-4-,17-16+. The van der Waals surface area contributed by atoms with Gasteiger partial charge in [-0.05, 0) is 12.5 Å². The lowest BCUT2D eigenvalue weighted by atomic mass is 10.1.